The van der Waals surface area contributed by atoms with Crippen LogP contribution >= 0.6 is 0 Å². The number of carbonyl (C=O) groups excluding carboxylic acids is 1. The zero-order valence-corrected chi connectivity index (χ0v) is 10.8. The molecule has 1 N–H and O–H groups in total. The average molecular weight is 268 g/mol. The molecule has 2 aromatic rings. The van der Waals surface area contributed by atoms with E-state index in [0.29, 0.717) is 0 Å². The quantitative estimate of drug-likeness (QED) is 0.672. The predicted octanol–water partition coefficient (Wildman–Crippen LogP) is 2.85. The summed E-state index contributed by atoms with van der Waals surface area (Å²) in [6, 6.07) is 13.6. The van der Waals surface area contributed by atoms with Gasteiger partial charge in [0.25, 0.3) is 5.69 Å². The summed E-state index contributed by atoms with van der Waals surface area (Å²) >= 11 is 0. The maximum Gasteiger partial charge on any atom is 0.269 e. The highest BCUT2D eigenvalue weighted by atomic mass is 16.6. The molecule has 0 spiro atoms. The van der Waals surface area contributed by atoms with E-state index in [4.69, 9.17) is 0 Å². The topological polar surface area (TPSA) is 72.2 Å². The van der Waals surface area contributed by atoms with E-state index >= 15 is 0 Å². The van der Waals surface area contributed by atoms with Gasteiger partial charge in [-0.05, 0) is 24.1 Å². The molecule has 1 aliphatic rings. The smallest absolute Gasteiger partial charge is 0.269 e. The van der Waals surface area contributed by atoms with Gasteiger partial charge in [-0.25, -0.2) is 0 Å². The maximum atomic E-state index is 12.3. The Balaban J connectivity index is 2.12. The van der Waals surface area contributed by atoms with Crippen molar-refractivity contribution in [2.45, 2.75) is 12.3 Å². The number of rotatable bonds is 2. The molecule has 0 fully saturated rings. The van der Waals surface area contributed by atoms with Crippen LogP contribution in [0.5, 0.6) is 0 Å². The van der Waals surface area contributed by atoms with Crippen molar-refractivity contribution in [3.63, 3.8) is 0 Å². The lowest BCUT2D eigenvalue weighted by Gasteiger charge is -2.22. The van der Waals surface area contributed by atoms with E-state index in [1.54, 1.807) is 12.1 Å². The Bertz CT molecular complexity index is 709. The molecule has 1 atom stereocenters. The summed E-state index contributed by atoms with van der Waals surface area (Å²) in [5.41, 5.74) is 1.62. The van der Waals surface area contributed by atoms with Gasteiger partial charge in [0.1, 0.15) is 0 Å². The minimum absolute atomic E-state index is 0.0176. The fraction of sp³-hybridized carbons (Fsp3) is 0.133. The van der Waals surface area contributed by atoms with Crippen LogP contribution in [0.15, 0.2) is 48.5 Å². The molecule has 1 aliphatic heterocycles. The van der Waals surface area contributed by atoms with Gasteiger partial charge >= 0.3 is 0 Å². The number of para-hydroxylation sites is 1. The number of anilines is 1. The van der Waals surface area contributed by atoms with Gasteiger partial charge in [-0.1, -0.05) is 30.3 Å². The lowest BCUT2D eigenvalue weighted by atomic mass is 9.77. The van der Waals surface area contributed by atoms with Gasteiger partial charge < -0.3 is 5.32 Å². The van der Waals surface area contributed by atoms with Crippen molar-refractivity contribution in [1.82, 2.24) is 0 Å². The molecule has 0 saturated heterocycles. The summed E-state index contributed by atoms with van der Waals surface area (Å²) in [7, 11) is 0. The standard InChI is InChI=1S/C15H12N2O3/c1-15(10-6-8-11(9-7-10)17(19)20)12-4-2-3-5-13(12)16-14(15)18/h2-9H,1H3,(H,16,18). The Kier molecular flexibility index (Phi) is 2.57. The molecule has 5 nitrogen and oxygen atoms in total. The Morgan fingerprint density at radius 3 is 2.40 bits per heavy atom. The average Bonchev–Trinajstić information content (AvgIpc) is 2.72. The number of nitrogens with zero attached hydrogens (tertiary/aromatic N) is 1. The number of amides is 1. The van der Waals surface area contributed by atoms with Gasteiger partial charge in [-0.3, -0.25) is 14.9 Å². The first-order chi connectivity index (χ1) is 9.53. The molecule has 2 aromatic carbocycles. The number of nitrogens with one attached hydrogen (secondary N) is 1. The minimum atomic E-state index is -0.814. The van der Waals surface area contributed by atoms with Crippen LogP contribution in [0.4, 0.5) is 11.4 Å². The Morgan fingerprint density at radius 2 is 1.75 bits per heavy atom. The zero-order chi connectivity index (χ0) is 14.3. The first kappa shape index (κ1) is 12.3. The molecule has 0 radical (unpaired) electrons. The van der Waals surface area contributed by atoms with Crippen molar-refractivity contribution in [1.29, 1.82) is 0 Å². The SMILES string of the molecule is CC1(c2ccc([N+](=O)[O-])cc2)C(=O)Nc2ccccc21. The molecule has 1 heterocycles. The highest BCUT2D eigenvalue weighted by molar-refractivity contribution is 6.08. The molecule has 3 rings (SSSR count). The first-order valence-electron chi connectivity index (χ1n) is 6.19. The van der Waals surface area contributed by atoms with E-state index in [1.165, 1.54) is 12.1 Å². The molecule has 0 aliphatic carbocycles. The zero-order valence-electron chi connectivity index (χ0n) is 10.8. The van der Waals surface area contributed by atoms with Crippen LogP contribution in [0.25, 0.3) is 0 Å². The van der Waals surface area contributed by atoms with Gasteiger partial charge in [-0.2, -0.15) is 0 Å². The number of nitro groups is 1. The third-order valence-corrected chi connectivity index (χ3v) is 3.82. The monoisotopic (exact) mass is 268 g/mol. The molecule has 0 saturated carbocycles. The summed E-state index contributed by atoms with van der Waals surface area (Å²) in [4.78, 5) is 22.6. The number of fused-ring (bicyclic) bond motifs is 1. The molecular weight excluding hydrogens is 256 g/mol. The largest absolute Gasteiger partial charge is 0.325 e. The minimum Gasteiger partial charge on any atom is -0.325 e. The number of hydrogen-bond acceptors (Lipinski definition) is 3. The summed E-state index contributed by atoms with van der Waals surface area (Å²) < 4.78 is 0. The second kappa shape index (κ2) is 4.16. The number of nitro benzene ring substituents is 1. The molecule has 5 heteroatoms. The van der Waals surface area contributed by atoms with Crippen LogP contribution in [0, 0.1) is 10.1 Å². The summed E-state index contributed by atoms with van der Waals surface area (Å²) in [6.45, 7) is 1.83. The third-order valence-electron chi connectivity index (χ3n) is 3.82. The highest BCUT2D eigenvalue weighted by Gasteiger charge is 2.43. The van der Waals surface area contributed by atoms with E-state index in [-0.39, 0.29) is 11.6 Å². The van der Waals surface area contributed by atoms with E-state index in [2.05, 4.69) is 5.32 Å². The molecule has 20 heavy (non-hydrogen) atoms. The van der Waals surface area contributed by atoms with Gasteiger partial charge in [-0.15, -0.1) is 0 Å². The Morgan fingerprint density at radius 1 is 1.10 bits per heavy atom. The Hall–Kier alpha value is -2.69. The van der Waals surface area contributed by atoms with E-state index in [0.717, 1.165) is 16.8 Å². The second-order valence-corrected chi connectivity index (χ2v) is 4.93. The van der Waals surface area contributed by atoms with E-state index < -0.39 is 10.3 Å². The summed E-state index contributed by atoms with van der Waals surface area (Å²) in [5, 5.41) is 13.6. The summed E-state index contributed by atoms with van der Waals surface area (Å²) in [6.07, 6.45) is 0. The lowest BCUT2D eigenvalue weighted by Crippen LogP contribution is -2.32. The van der Waals surface area contributed by atoms with Crippen molar-refractivity contribution in [2.75, 3.05) is 5.32 Å². The van der Waals surface area contributed by atoms with Gasteiger partial charge in [0, 0.05) is 17.8 Å². The second-order valence-electron chi connectivity index (χ2n) is 4.93. The number of hydrogen-bond donors (Lipinski definition) is 1. The highest BCUT2D eigenvalue weighted by Crippen LogP contribution is 2.42. The summed E-state index contributed by atoms with van der Waals surface area (Å²) in [5.74, 6) is -0.118. The molecule has 0 bridgehead atoms. The van der Waals surface area contributed by atoms with Crippen molar-refractivity contribution in [3.05, 3.63) is 69.8 Å². The van der Waals surface area contributed by atoms with Crippen LogP contribution in [-0.2, 0) is 10.2 Å². The van der Waals surface area contributed by atoms with Crippen molar-refractivity contribution >= 4 is 17.3 Å². The van der Waals surface area contributed by atoms with E-state index in [1.807, 2.05) is 31.2 Å². The molecule has 0 aromatic heterocycles. The normalized spacial score (nSPS) is 20.4. The van der Waals surface area contributed by atoms with Crippen molar-refractivity contribution < 1.29 is 9.72 Å². The lowest BCUT2D eigenvalue weighted by molar-refractivity contribution is -0.384. The third kappa shape index (κ3) is 1.60. The first-order valence-corrected chi connectivity index (χ1v) is 6.19. The molecule has 1 unspecified atom stereocenters. The predicted molar refractivity (Wildman–Crippen MR) is 74.6 cm³/mol. The van der Waals surface area contributed by atoms with Crippen LogP contribution in [0.3, 0.4) is 0 Å². The number of benzene rings is 2. The molecule has 1 amide bonds. The maximum absolute atomic E-state index is 12.3. The number of non-ortho nitro benzene ring substituents is 1. The fourth-order valence-corrected chi connectivity index (χ4v) is 2.60. The molecule has 100 valence electrons. The van der Waals surface area contributed by atoms with Gasteiger partial charge in [0.05, 0.1) is 10.3 Å². The van der Waals surface area contributed by atoms with Crippen molar-refractivity contribution in [2.24, 2.45) is 0 Å². The van der Waals surface area contributed by atoms with Gasteiger partial charge in [0.2, 0.25) is 5.91 Å². The Labute approximate surface area is 115 Å². The van der Waals surface area contributed by atoms with E-state index in [9.17, 15) is 14.9 Å². The van der Waals surface area contributed by atoms with Crippen molar-refractivity contribution in [3.8, 4) is 0 Å². The number of carbonyl (C=O) groups is 1. The van der Waals surface area contributed by atoms with Crippen LogP contribution in [0.1, 0.15) is 18.1 Å². The van der Waals surface area contributed by atoms with Crippen LogP contribution in [0.2, 0.25) is 0 Å². The van der Waals surface area contributed by atoms with Gasteiger partial charge in [0.15, 0.2) is 0 Å². The van der Waals surface area contributed by atoms with Crippen LogP contribution in [-0.4, -0.2) is 10.8 Å². The molecular formula is C15H12N2O3. The fourth-order valence-electron chi connectivity index (χ4n) is 2.60. The van der Waals surface area contributed by atoms with Crippen LogP contribution < -0.4 is 5.32 Å².